The van der Waals surface area contributed by atoms with Crippen LogP contribution in [0.4, 0.5) is 0 Å². The Morgan fingerprint density at radius 1 is 1.26 bits per heavy atom. The van der Waals surface area contributed by atoms with Crippen molar-refractivity contribution in [2.75, 3.05) is 27.3 Å². The molecule has 1 fully saturated rings. The Hall–Kier alpha value is -0.430. The number of halogens is 1. The van der Waals surface area contributed by atoms with Crippen LogP contribution in [-0.2, 0) is 22.6 Å². The molecule has 2 heterocycles. The van der Waals surface area contributed by atoms with Gasteiger partial charge in [0.2, 0.25) is 0 Å². The molecule has 0 N–H and O–H groups in total. The summed E-state index contributed by atoms with van der Waals surface area (Å²) in [5, 5.41) is 4.53. The van der Waals surface area contributed by atoms with Gasteiger partial charge in [0, 0.05) is 40.4 Å². The topological polar surface area (TPSA) is 39.5 Å². The van der Waals surface area contributed by atoms with E-state index in [0.29, 0.717) is 0 Å². The van der Waals surface area contributed by atoms with E-state index in [1.807, 2.05) is 6.92 Å². The van der Waals surface area contributed by atoms with Crippen molar-refractivity contribution in [3.63, 3.8) is 0 Å². The Balaban J connectivity index is 2.10. The number of hydrogen-bond acceptors (Lipinski definition) is 4. The standard InChI is InChI=1S/C13H22BrN3O2/c1-5-17-10(13(14)9(2)15-17)6-16-7-11(18-3)12(8-16)19-4/h11-12H,5-8H2,1-4H3. The molecule has 0 amide bonds. The average Bonchev–Trinajstić information content (AvgIpc) is 2.94. The quantitative estimate of drug-likeness (QED) is 0.825. The minimum absolute atomic E-state index is 0.155. The van der Waals surface area contributed by atoms with Crippen molar-refractivity contribution in [1.82, 2.24) is 14.7 Å². The Labute approximate surface area is 123 Å². The van der Waals surface area contributed by atoms with Crippen LogP contribution in [0.15, 0.2) is 4.47 Å². The number of methoxy groups -OCH3 is 2. The maximum atomic E-state index is 5.47. The van der Waals surface area contributed by atoms with Crippen molar-refractivity contribution < 1.29 is 9.47 Å². The summed E-state index contributed by atoms with van der Waals surface area (Å²) in [6.07, 6.45) is 0.311. The van der Waals surface area contributed by atoms with E-state index in [0.717, 1.165) is 36.3 Å². The predicted molar refractivity (Wildman–Crippen MR) is 77.2 cm³/mol. The molecular weight excluding hydrogens is 310 g/mol. The molecule has 1 aliphatic rings. The van der Waals surface area contributed by atoms with Crippen LogP contribution in [0.1, 0.15) is 18.3 Å². The molecule has 0 aromatic carbocycles. The molecule has 6 heteroatoms. The molecule has 1 aromatic rings. The molecule has 2 atom stereocenters. The van der Waals surface area contributed by atoms with Gasteiger partial charge in [0.25, 0.3) is 0 Å². The molecule has 19 heavy (non-hydrogen) atoms. The Morgan fingerprint density at radius 3 is 2.32 bits per heavy atom. The van der Waals surface area contributed by atoms with E-state index < -0.39 is 0 Å². The summed E-state index contributed by atoms with van der Waals surface area (Å²) >= 11 is 3.64. The van der Waals surface area contributed by atoms with Crippen LogP contribution in [0, 0.1) is 6.92 Å². The van der Waals surface area contributed by atoms with Crippen LogP contribution in [-0.4, -0.2) is 54.2 Å². The summed E-state index contributed by atoms with van der Waals surface area (Å²) < 4.78 is 14.1. The highest BCUT2D eigenvalue weighted by Gasteiger charge is 2.33. The number of ether oxygens (including phenoxy) is 2. The second kappa shape index (κ2) is 6.35. The Kier molecular flexibility index (Phi) is 5.00. The van der Waals surface area contributed by atoms with Crippen molar-refractivity contribution in [2.45, 2.75) is 39.1 Å². The zero-order valence-corrected chi connectivity index (χ0v) is 13.6. The summed E-state index contributed by atoms with van der Waals surface area (Å²) in [6.45, 7) is 7.69. The Morgan fingerprint density at radius 2 is 1.84 bits per heavy atom. The number of nitrogens with zero attached hydrogens (tertiary/aromatic N) is 3. The molecule has 0 saturated carbocycles. The predicted octanol–water partition coefficient (Wildman–Crippen LogP) is 1.82. The van der Waals surface area contributed by atoms with Gasteiger partial charge < -0.3 is 9.47 Å². The van der Waals surface area contributed by atoms with Crippen LogP contribution in [0.5, 0.6) is 0 Å². The van der Waals surface area contributed by atoms with Gasteiger partial charge in [-0.3, -0.25) is 9.58 Å². The number of aromatic nitrogens is 2. The number of rotatable bonds is 5. The molecular formula is C13H22BrN3O2. The van der Waals surface area contributed by atoms with Gasteiger partial charge in [-0.25, -0.2) is 0 Å². The lowest BCUT2D eigenvalue weighted by atomic mass is 10.3. The fraction of sp³-hybridized carbons (Fsp3) is 0.769. The first-order valence-corrected chi connectivity index (χ1v) is 7.39. The molecule has 5 nitrogen and oxygen atoms in total. The van der Waals surface area contributed by atoms with E-state index in [-0.39, 0.29) is 12.2 Å². The third-order valence-corrected chi connectivity index (χ3v) is 4.75. The van der Waals surface area contributed by atoms with Crippen LogP contribution >= 0.6 is 15.9 Å². The maximum Gasteiger partial charge on any atom is 0.0971 e. The maximum absolute atomic E-state index is 5.47. The molecule has 0 radical (unpaired) electrons. The lowest BCUT2D eigenvalue weighted by Gasteiger charge is -2.16. The summed E-state index contributed by atoms with van der Waals surface area (Å²) in [4.78, 5) is 2.36. The smallest absolute Gasteiger partial charge is 0.0971 e. The van der Waals surface area contributed by atoms with Gasteiger partial charge in [0.15, 0.2) is 0 Å². The van der Waals surface area contributed by atoms with Crippen LogP contribution in [0.3, 0.4) is 0 Å². The molecule has 1 saturated heterocycles. The van der Waals surface area contributed by atoms with Gasteiger partial charge in [0.1, 0.15) is 0 Å². The van der Waals surface area contributed by atoms with Gasteiger partial charge in [-0.05, 0) is 29.8 Å². The molecule has 0 bridgehead atoms. The molecule has 1 aliphatic heterocycles. The summed E-state index contributed by atoms with van der Waals surface area (Å²) in [6, 6.07) is 0. The molecule has 2 rings (SSSR count). The van der Waals surface area contributed by atoms with E-state index in [9.17, 15) is 0 Å². The van der Waals surface area contributed by atoms with Crippen LogP contribution in [0.25, 0.3) is 0 Å². The van der Waals surface area contributed by atoms with E-state index in [1.165, 1.54) is 5.69 Å². The number of likely N-dealkylation sites (tertiary alicyclic amines) is 1. The minimum atomic E-state index is 0.155. The zero-order chi connectivity index (χ0) is 14.0. The molecule has 1 aromatic heterocycles. The van der Waals surface area contributed by atoms with Crippen molar-refractivity contribution in [3.8, 4) is 0 Å². The van der Waals surface area contributed by atoms with Gasteiger partial charge in [0.05, 0.1) is 28.1 Å². The molecule has 2 unspecified atom stereocenters. The SMILES string of the molecule is CCn1nc(C)c(Br)c1CN1CC(OC)C(OC)C1. The first kappa shape index (κ1) is 15.0. The minimum Gasteiger partial charge on any atom is -0.377 e. The van der Waals surface area contributed by atoms with E-state index in [4.69, 9.17) is 9.47 Å². The van der Waals surface area contributed by atoms with E-state index in [2.05, 4.69) is 37.5 Å². The monoisotopic (exact) mass is 331 g/mol. The highest BCUT2D eigenvalue weighted by Crippen LogP contribution is 2.25. The third kappa shape index (κ3) is 3.02. The average molecular weight is 332 g/mol. The fourth-order valence-corrected chi connectivity index (χ4v) is 3.04. The second-order valence-electron chi connectivity index (χ2n) is 4.90. The molecule has 0 spiro atoms. The summed E-state index contributed by atoms with van der Waals surface area (Å²) in [5.41, 5.74) is 2.27. The van der Waals surface area contributed by atoms with E-state index >= 15 is 0 Å². The largest absolute Gasteiger partial charge is 0.377 e. The third-order valence-electron chi connectivity index (χ3n) is 3.72. The highest BCUT2D eigenvalue weighted by atomic mass is 79.9. The highest BCUT2D eigenvalue weighted by molar-refractivity contribution is 9.10. The lowest BCUT2D eigenvalue weighted by Crippen LogP contribution is -2.27. The first-order valence-electron chi connectivity index (χ1n) is 6.60. The summed E-state index contributed by atoms with van der Waals surface area (Å²) in [7, 11) is 3.49. The Bertz CT molecular complexity index is 424. The van der Waals surface area contributed by atoms with Gasteiger partial charge in [-0.2, -0.15) is 5.10 Å². The lowest BCUT2D eigenvalue weighted by molar-refractivity contribution is -0.00461. The summed E-state index contributed by atoms with van der Waals surface area (Å²) in [5.74, 6) is 0. The zero-order valence-electron chi connectivity index (χ0n) is 12.0. The number of hydrogen-bond donors (Lipinski definition) is 0. The van der Waals surface area contributed by atoms with E-state index in [1.54, 1.807) is 14.2 Å². The first-order chi connectivity index (χ1) is 9.10. The number of aryl methyl sites for hydroxylation is 2. The van der Waals surface area contributed by atoms with Crippen molar-refractivity contribution in [2.24, 2.45) is 0 Å². The van der Waals surface area contributed by atoms with Gasteiger partial charge in [-0.15, -0.1) is 0 Å². The van der Waals surface area contributed by atoms with Crippen molar-refractivity contribution in [3.05, 3.63) is 15.9 Å². The van der Waals surface area contributed by atoms with Crippen molar-refractivity contribution >= 4 is 15.9 Å². The van der Waals surface area contributed by atoms with Gasteiger partial charge in [-0.1, -0.05) is 0 Å². The molecule has 108 valence electrons. The van der Waals surface area contributed by atoms with Crippen molar-refractivity contribution in [1.29, 1.82) is 0 Å². The van der Waals surface area contributed by atoms with Crippen LogP contribution in [0.2, 0.25) is 0 Å². The second-order valence-corrected chi connectivity index (χ2v) is 5.70. The van der Waals surface area contributed by atoms with Gasteiger partial charge >= 0.3 is 0 Å². The normalized spacial score (nSPS) is 24.3. The molecule has 0 aliphatic carbocycles. The van der Waals surface area contributed by atoms with Crippen LogP contribution < -0.4 is 0 Å². The fourth-order valence-electron chi connectivity index (χ4n) is 2.63.